The van der Waals surface area contributed by atoms with E-state index in [9.17, 15) is 4.79 Å². The lowest BCUT2D eigenvalue weighted by molar-refractivity contribution is -0.119. The zero-order valence-electron chi connectivity index (χ0n) is 11.2. The van der Waals surface area contributed by atoms with Crippen LogP contribution in [0.3, 0.4) is 0 Å². The van der Waals surface area contributed by atoms with Gasteiger partial charge in [0.05, 0.1) is 0 Å². The van der Waals surface area contributed by atoms with E-state index >= 15 is 0 Å². The van der Waals surface area contributed by atoms with Crippen molar-refractivity contribution in [1.82, 2.24) is 5.32 Å². The van der Waals surface area contributed by atoms with Gasteiger partial charge in [-0.2, -0.15) is 0 Å². The highest BCUT2D eigenvalue weighted by atomic mass is 16.2. The van der Waals surface area contributed by atoms with Gasteiger partial charge in [0, 0.05) is 12.0 Å². The maximum atomic E-state index is 11.4. The Hall–Kier alpha value is -1.31. The van der Waals surface area contributed by atoms with Crippen molar-refractivity contribution in [2.75, 3.05) is 0 Å². The number of carbonyl (C=O) groups excluding carboxylic acids is 1. The second kappa shape index (κ2) is 4.17. The summed E-state index contributed by atoms with van der Waals surface area (Å²) in [6, 6.07) is 4.45. The summed E-state index contributed by atoms with van der Waals surface area (Å²) >= 11 is 0. The molecule has 1 aliphatic heterocycles. The summed E-state index contributed by atoms with van der Waals surface area (Å²) in [7, 11) is 0. The molecule has 2 nitrogen and oxygen atoms in total. The number of carbonyl (C=O) groups is 1. The van der Waals surface area contributed by atoms with Crippen molar-refractivity contribution in [3.05, 3.63) is 34.4 Å². The first kappa shape index (κ1) is 12.2. The van der Waals surface area contributed by atoms with Gasteiger partial charge in [-0.25, -0.2) is 0 Å². The van der Waals surface area contributed by atoms with Crippen LogP contribution in [-0.2, 0) is 11.2 Å². The summed E-state index contributed by atoms with van der Waals surface area (Å²) < 4.78 is 0. The van der Waals surface area contributed by atoms with Gasteiger partial charge >= 0.3 is 0 Å². The summed E-state index contributed by atoms with van der Waals surface area (Å²) in [5.41, 5.74) is 5.32. The van der Waals surface area contributed by atoms with Crippen LogP contribution >= 0.6 is 0 Å². The van der Waals surface area contributed by atoms with Crippen LogP contribution in [0.1, 0.15) is 42.0 Å². The third kappa shape index (κ3) is 2.51. The molecule has 1 aromatic rings. The van der Waals surface area contributed by atoms with E-state index in [1.807, 2.05) is 0 Å². The van der Waals surface area contributed by atoms with Crippen LogP contribution in [0.5, 0.6) is 0 Å². The first-order chi connectivity index (χ1) is 7.89. The van der Waals surface area contributed by atoms with Crippen molar-refractivity contribution in [2.24, 2.45) is 0 Å². The fraction of sp³-hybridized carbons (Fsp3) is 0.533. The largest absolute Gasteiger partial charge is 0.351 e. The van der Waals surface area contributed by atoms with Gasteiger partial charge in [-0.05, 0) is 57.2 Å². The second-order valence-electron chi connectivity index (χ2n) is 5.66. The van der Waals surface area contributed by atoms with Gasteiger partial charge in [-0.1, -0.05) is 17.7 Å². The topological polar surface area (TPSA) is 29.1 Å². The molecule has 1 unspecified atom stereocenters. The van der Waals surface area contributed by atoms with Crippen molar-refractivity contribution < 1.29 is 4.79 Å². The number of hydrogen-bond acceptors (Lipinski definition) is 1. The first-order valence-corrected chi connectivity index (χ1v) is 6.27. The Labute approximate surface area is 103 Å². The van der Waals surface area contributed by atoms with Gasteiger partial charge in [0.2, 0.25) is 5.91 Å². The molecule has 0 radical (unpaired) electrons. The maximum absolute atomic E-state index is 11.4. The van der Waals surface area contributed by atoms with E-state index in [0.717, 1.165) is 12.8 Å². The van der Waals surface area contributed by atoms with Gasteiger partial charge in [-0.3, -0.25) is 4.79 Å². The molecule has 1 N–H and O–H groups in total. The average molecular weight is 231 g/mol. The fourth-order valence-corrected chi connectivity index (χ4v) is 2.86. The lowest BCUT2D eigenvalue weighted by Crippen LogP contribution is -2.40. The number of aryl methyl sites for hydroxylation is 3. The summed E-state index contributed by atoms with van der Waals surface area (Å²) in [4.78, 5) is 11.4. The smallest absolute Gasteiger partial charge is 0.220 e. The Morgan fingerprint density at radius 3 is 2.29 bits per heavy atom. The highest BCUT2D eigenvalue weighted by Crippen LogP contribution is 2.27. The molecule has 1 fully saturated rings. The molecule has 17 heavy (non-hydrogen) atoms. The van der Waals surface area contributed by atoms with E-state index in [2.05, 4.69) is 45.1 Å². The standard InChI is InChI=1S/C15H21NO/c1-10-7-11(2)13(12(3)8-10)9-15(4)6-5-14(17)16-15/h7-8H,5-6,9H2,1-4H3,(H,16,17). The minimum Gasteiger partial charge on any atom is -0.351 e. The van der Waals surface area contributed by atoms with Crippen molar-refractivity contribution in [1.29, 1.82) is 0 Å². The lowest BCUT2D eigenvalue weighted by atomic mass is 9.86. The van der Waals surface area contributed by atoms with Gasteiger partial charge in [0.15, 0.2) is 0 Å². The van der Waals surface area contributed by atoms with Crippen LogP contribution in [0, 0.1) is 20.8 Å². The number of amides is 1. The van der Waals surface area contributed by atoms with Crippen LogP contribution in [0.4, 0.5) is 0 Å². The van der Waals surface area contributed by atoms with Crippen LogP contribution in [0.2, 0.25) is 0 Å². The van der Waals surface area contributed by atoms with Crippen LogP contribution in [0.15, 0.2) is 12.1 Å². The van der Waals surface area contributed by atoms with E-state index in [4.69, 9.17) is 0 Å². The molecule has 0 aromatic heterocycles. The zero-order valence-corrected chi connectivity index (χ0v) is 11.2. The third-order valence-electron chi connectivity index (χ3n) is 3.75. The summed E-state index contributed by atoms with van der Waals surface area (Å²) in [6.07, 6.45) is 2.55. The van der Waals surface area contributed by atoms with Crippen molar-refractivity contribution in [3.63, 3.8) is 0 Å². The number of hydrogen-bond donors (Lipinski definition) is 1. The molecule has 0 saturated carbocycles. The van der Waals surface area contributed by atoms with Crippen molar-refractivity contribution in [2.45, 2.75) is 52.5 Å². The van der Waals surface area contributed by atoms with Crippen molar-refractivity contribution >= 4 is 5.91 Å². The van der Waals surface area contributed by atoms with E-state index in [0.29, 0.717) is 6.42 Å². The lowest BCUT2D eigenvalue weighted by Gasteiger charge is -2.26. The monoisotopic (exact) mass is 231 g/mol. The van der Waals surface area contributed by atoms with Crippen LogP contribution < -0.4 is 5.32 Å². The number of rotatable bonds is 2. The highest BCUT2D eigenvalue weighted by molar-refractivity contribution is 5.79. The molecule has 2 rings (SSSR count). The average Bonchev–Trinajstić information content (AvgIpc) is 2.53. The Morgan fingerprint density at radius 1 is 1.24 bits per heavy atom. The number of benzene rings is 1. The molecular weight excluding hydrogens is 210 g/mol. The molecule has 1 aromatic carbocycles. The van der Waals surface area contributed by atoms with Gasteiger partial charge in [0.25, 0.3) is 0 Å². The Morgan fingerprint density at radius 2 is 1.82 bits per heavy atom. The van der Waals surface area contributed by atoms with Crippen LogP contribution in [-0.4, -0.2) is 11.4 Å². The molecule has 2 heteroatoms. The molecule has 92 valence electrons. The van der Waals surface area contributed by atoms with Crippen LogP contribution in [0.25, 0.3) is 0 Å². The quantitative estimate of drug-likeness (QED) is 0.833. The molecular formula is C15H21NO. The molecule has 1 aliphatic rings. The SMILES string of the molecule is Cc1cc(C)c(CC2(C)CCC(=O)N2)c(C)c1. The molecule has 0 spiro atoms. The molecule has 0 bridgehead atoms. The Balaban J connectivity index is 2.27. The first-order valence-electron chi connectivity index (χ1n) is 6.27. The van der Waals surface area contributed by atoms with E-state index in [1.54, 1.807) is 0 Å². The normalized spacial score (nSPS) is 23.9. The highest BCUT2D eigenvalue weighted by Gasteiger charge is 2.33. The predicted molar refractivity (Wildman–Crippen MR) is 70.1 cm³/mol. The summed E-state index contributed by atoms with van der Waals surface area (Å²) in [5.74, 6) is 0.190. The number of nitrogens with one attached hydrogen (secondary N) is 1. The zero-order chi connectivity index (χ0) is 12.6. The second-order valence-corrected chi connectivity index (χ2v) is 5.66. The van der Waals surface area contributed by atoms with E-state index in [1.165, 1.54) is 22.3 Å². The van der Waals surface area contributed by atoms with Gasteiger partial charge < -0.3 is 5.32 Å². The minimum absolute atomic E-state index is 0.0537. The summed E-state index contributed by atoms with van der Waals surface area (Å²) in [6.45, 7) is 8.60. The molecule has 0 aliphatic carbocycles. The van der Waals surface area contributed by atoms with Gasteiger partial charge in [0.1, 0.15) is 0 Å². The minimum atomic E-state index is -0.0537. The molecule has 1 amide bonds. The third-order valence-corrected chi connectivity index (χ3v) is 3.75. The van der Waals surface area contributed by atoms with E-state index in [-0.39, 0.29) is 11.4 Å². The molecule has 1 saturated heterocycles. The predicted octanol–water partition coefficient (Wildman–Crippen LogP) is 2.82. The molecule has 1 heterocycles. The van der Waals surface area contributed by atoms with Crippen molar-refractivity contribution in [3.8, 4) is 0 Å². The fourth-order valence-electron chi connectivity index (χ4n) is 2.86. The Kier molecular flexibility index (Phi) is 2.98. The summed E-state index contributed by atoms with van der Waals surface area (Å²) in [5, 5.41) is 3.11. The Bertz CT molecular complexity index is 441. The van der Waals surface area contributed by atoms with Gasteiger partial charge in [-0.15, -0.1) is 0 Å². The maximum Gasteiger partial charge on any atom is 0.220 e. The molecule has 1 atom stereocenters. The van der Waals surface area contributed by atoms with E-state index < -0.39 is 0 Å².